The zero-order valence-electron chi connectivity index (χ0n) is 11.2. The molecule has 0 aliphatic heterocycles. The molecule has 0 aliphatic rings. The highest BCUT2D eigenvalue weighted by molar-refractivity contribution is 5.32. The molecule has 1 atom stereocenters. The molecule has 0 saturated heterocycles. The third-order valence-corrected chi connectivity index (χ3v) is 3.03. The number of nitrogens with zero attached hydrogens (tertiary/aromatic N) is 2. The Morgan fingerprint density at radius 2 is 1.95 bits per heavy atom. The van der Waals surface area contributed by atoms with E-state index in [-0.39, 0.29) is 11.9 Å². The van der Waals surface area contributed by atoms with E-state index in [9.17, 15) is 4.39 Å². The van der Waals surface area contributed by atoms with Gasteiger partial charge in [-0.3, -0.25) is 0 Å². The molecular formula is C15H18FN3. The van der Waals surface area contributed by atoms with E-state index in [1.54, 1.807) is 19.3 Å². The molecule has 0 amide bonds. The van der Waals surface area contributed by atoms with Gasteiger partial charge in [-0.05, 0) is 37.1 Å². The molecule has 100 valence electrons. The smallest absolute Gasteiger partial charge is 0.126 e. The van der Waals surface area contributed by atoms with Crippen molar-refractivity contribution in [1.82, 2.24) is 15.3 Å². The molecule has 1 aromatic heterocycles. The lowest BCUT2D eigenvalue weighted by molar-refractivity contribution is 0.587. The Labute approximate surface area is 112 Å². The Bertz CT molecular complexity index is 528. The normalized spacial score (nSPS) is 12.4. The van der Waals surface area contributed by atoms with Gasteiger partial charge in [0.2, 0.25) is 0 Å². The second-order valence-corrected chi connectivity index (χ2v) is 4.57. The minimum atomic E-state index is -0.178. The molecule has 0 fully saturated rings. The zero-order chi connectivity index (χ0) is 13.7. The van der Waals surface area contributed by atoms with Crippen molar-refractivity contribution in [2.75, 3.05) is 6.54 Å². The van der Waals surface area contributed by atoms with Gasteiger partial charge in [0.15, 0.2) is 0 Å². The lowest BCUT2D eigenvalue weighted by atomic mass is 9.99. The Morgan fingerprint density at radius 1 is 1.21 bits per heavy atom. The molecule has 19 heavy (non-hydrogen) atoms. The third kappa shape index (κ3) is 3.35. The van der Waals surface area contributed by atoms with Gasteiger partial charge in [-0.1, -0.05) is 19.1 Å². The van der Waals surface area contributed by atoms with E-state index in [1.165, 1.54) is 12.4 Å². The molecule has 1 aromatic carbocycles. The summed E-state index contributed by atoms with van der Waals surface area (Å²) in [5, 5.41) is 3.45. The van der Waals surface area contributed by atoms with Crippen molar-refractivity contribution in [2.45, 2.75) is 26.3 Å². The third-order valence-electron chi connectivity index (χ3n) is 3.03. The summed E-state index contributed by atoms with van der Waals surface area (Å²) in [4.78, 5) is 8.11. The molecule has 1 heterocycles. The monoisotopic (exact) mass is 259 g/mol. The van der Waals surface area contributed by atoms with Gasteiger partial charge in [0.25, 0.3) is 0 Å². The summed E-state index contributed by atoms with van der Waals surface area (Å²) >= 11 is 0. The fourth-order valence-electron chi connectivity index (χ4n) is 2.02. The lowest BCUT2D eigenvalue weighted by Crippen LogP contribution is -2.23. The summed E-state index contributed by atoms with van der Waals surface area (Å²) in [6.45, 7) is 4.77. The van der Waals surface area contributed by atoms with Gasteiger partial charge in [-0.2, -0.15) is 0 Å². The number of hydrogen-bond donors (Lipinski definition) is 1. The molecule has 0 radical (unpaired) electrons. The molecule has 0 spiro atoms. The summed E-state index contributed by atoms with van der Waals surface area (Å²) in [5.41, 5.74) is 2.67. The molecule has 1 unspecified atom stereocenters. The topological polar surface area (TPSA) is 37.8 Å². The molecule has 4 heteroatoms. The van der Waals surface area contributed by atoms with E-state index in [1.807, 2.05) is 12.1 Å². The van der Waals surface area contributed by atoms with Gasteiger partial charge in [0.1, 0.15) is 12.1 Å². The second kappa shape index (κ2) is 6.38. The largest absolute Gasteiger partial charge is 0.306 e. The van der Waals surface area contributed by atoms with Crippen molar-refractivity contribution < 1.29 is 4.39 Å². The van der Waals surface area contributed by atoms with E-state index in [0.29, 0.717) is 5.56 Å². The first-order valence-electron chi connectivity index (χ1n) is 6.46. The van der Waals surface area contributed by atoms with Crippen molar-refractivity contribution >= 4 is 0 Å². The van der Waals surface area contributed by atoms with Crippen molar-refractivity contribution in [3.63, 3.8) is 0 Å². The molecule has 0 saturated carbocycles. The predicted molar refractivity (Wildman–Crippen MR) is 73.3 cm³/mol. The standard InChI is InChI=1S/C15H18FN3/c1-3-6-19-15(13-8-17-10-18-9-13)12-4-5-14(16)11(2)7-12/h4-5,7-10,15,19H,3,6H2,1-2H3. The van der Waals surface area contributed by atoms with Crippen LogP contribution in [0.5, 0.6) is 0 Å². The molecule has 3 nitrogen and oxygen atoms in total. The van der Waals surface area contributed by atoms with Crippen LogP contribution < -0.4 is 5.32 Å². The predicted octanol–water partition coefficient (Wildman–Crippen LogP) is 3.01. The van der Waals surface area contributed by atoms with E-state index >= 15 is 0 Å². The maximum Gasteiger partial charge on any atom is 0.126 e. The first-order chi connectivity index (χ1) is 9.22. The summed E-state index contributed by atoms with van der Waals surface area (Å²) in [6.07, 6.45) is 6.12. The van der Waals surface area contributed by atoms with Crippen LogP contribution in [-0.2, 0) is 0 Å². The minimum absolute atomic E-state index is 0.000417. The van der Waals surface area contributed by atoms with Crippen LogP contribution in [0.3, 0.4) is 0 Å². The fourth-order valence-corrected chi connectivity index (χ4v) is 2.02. The zero-order valence-corrected chi connectivity index (χ0v) is 11.2. The van der Waals surface area contributed by atoms with Crippen LogP contribution in [-0.4, -0.2) is 16.5 Å². The van der Waals surface area contributed by atoms with Gasteiger partial charge < -0.3 is 5.32 Å². The van der Waals surface area contributed by atoms with Gasteiger partial charge in [-0.15, -0.1) is 0 Å². The number of rotatable bonds is 5. The Morgan fingerprint density at radius 3 is 2.58 bits per heavy atom. The number of halogens is 1. The van der Waals surface area contributed by atoms with Crippen LogP contribution in [0, 0.1) is 12.7 Å². The number of aromatic nitrogens is 2. The summed E-state index contributed by atoms with van der Waals surface area (Å²) in [6, 6.07) is 5.19. The molecular weight excluding hydrogens is 241 g/mol. The minimum Gasteiger partial charge on any atom is -0.306 e. The van der Waals surface area contributed by atoms with E-state index in [0.717, 1.165) is 24.1 Å². The SMILES string of the molecule is CCCNC(c1cncnc1)c1ccc(F)c(C)c1. The van der Waals surface area contributed by atoms with Crippen molar-refractivity contribution in [1.29, 1.82) is 0 Å². The molecule has 2 rings (SSSR count). The highest BCUT2D eigenvalue weighted by atomic mass is 19.1. The first-order valence-corrected chi connectivity index (χ1v) is 6.46. The van der Waals surface area contributed by atoms with Crippen LogP contribution in [0.4, 0.5) is 4.39 Å². The van der Waals surface area contributed by atoms with Crippen LogP contribution >= 0.6 is 0 Å². The number of nitrogens with one attached hydrogen (secondary N) is 1. The molecule has 2 aromatic rings. The van der Waals surface area contributed by atoms with Crippen LogP contribution in [0.2, 0.25) is 0 Å². The van der Waals surface area contributed by atoms with Gasteiger partial charge in [0, 0.05) is 18.0 Å². The summed E-state index contributed by atoms with van der Waals surface area (Å²) in [5.74, 6) is -0.178. The van der Waals surface area contributed by atoms with Crippen molar-refractivity contribution in [2.24, 2.45) is 0 Å². The maximum absolute atomic E-state index is 13.4. The number of aryl methyl sites for hydroxylation is 1. The number of hydrogen-bond acceptors (Lipinski definition) is 3. The highest BCUT2D eigenvalue weighted by Gasteiger charge is 2.14. The van der Waals surface area contributed by atoms with Gasteiger partial charge in [-0.25, -0.2) is 14.4 Å². The quantitative estimate of drug-likeness (QED) is 0.897. The summed E-state index contributed by atoms with van der Waals surface area (Å²) in [7, 11) is 0. The molecule has 0 aliphatic carbocycles. The fraction of sp³-hybridized carbons (Fsp3) is 0.333. The Balaban J connectivity index is 2.34. The van der Waals surface area contributed by atoms with Crippen molar-refractivity contribution in [3.05, 3.63) is 59.4 Å². The first kappa shape index (κ1) is 13.6. The van der Waals surface area contributed by atoms with Gasteiger partial charge >= 0.3 is 0 Å². The lowest BCUT2D eigenvalue weighted by Gasteiger charge is -2.19. The van der Waals surface area contributed by atoms with Gasteiger partial charge in [0.05, 0.1) is 6.04 Å². The molecule has 0 bridgehead atoms. The molecule has 1 N–H and O–H groups in total. The second-order valence-electron chi connectivity index (χ2n) is 4.57. The van der Waals surface area contributed by atoms with E-state index in [4.69, 9.17) is 0 Å². The average Bonchev–Trinajstić information content (AvgIpc) is 2.44. The Kier molecular flexibility index (Phi) is 4.58. The average molecular weight is 259 g/mol. The van der Waals surface area contributed by atoms with E-state index < -0.39 is 0 Å². The summed E-state index contributed by atoms with van der Waals surface area (Å²) < 4.78 is 13.4. The number of benzene rings is 1. The van der Waals surface area contributed by atoms with Crippen molar-refractivity contribution in [3.8, 4) is 0 Å². The highest BCUT2D eigenvalue weighted by Crippen LogP contribution is 2.22. The Hall–Kier alpha value is -1.81. The van der Waals surface area contributed by atoms with E-state index in [2.05, 4.69) is 22.2 Å². The van der Waals surface area contributed by atoms with Crippen LogP contribution in [0.15, 0.2) is 36.9 Å². The van der Waals surface area contributed by atoms with Crippen LogP contribution in [0.25, 0.3) is 0 Å². The van der Waals surface area contributed by atoms with Crippen LogP contribution in [0.1, 0.15) is 36.1 Å². The maximum atomic E-state index is 13.4.